The molecule has 0 aliphatic heterocycles. The number of anilines is 1. The molecule has 0 spiro atoms. The molecule has 3 unspecified atom stereocenters. The molecule has 0 amide bonds. The summed E-state index contributed by atoms with van der Waals surface area (Å²) >= 11 is 0. The standard InChI is InChI=1S/C23H28FNO5/c1-27-15-6-7-16(17(12-15)13-5-8-18(24)19(25)9-13)22(26)14-10-20(28-2)23(30-4)21(11-14)29-3/h5,8-11,15-17H,6-7,12,25H2,1-4H3. The van der Waals surface area contributed by atoms with Gasteiger partial charge in [0.25, 0.3) is 0 Å². The maximum Gasteiger partial charge on any atom is 0.203 e. The second kappa shape index (κ2) is 9.34. The second-order valence-corrected chi connectivity index (χ2v) is 7.44. The highest BCUT2D eigenvalue weighted by atomic mass is 19.1. The summed E-state index contributed by atoms with van der Waals surface area (Å²) in [5.41, 5.74) is 7.18. The van der Waals surface area contributed by atoms with Crippen molar-refractivity contribution in [2.24, 2.45) is 5.92 Å². The van der Waals surface area contributed by atoms with E-state index in [0.717, 1.165) is 12.0 Å². The van der Waals surface area contributed by atoms with Crippen LogP contribution >= 0.6 is 0 Å². The number of ketones is 1. The summed E-state index contributed by atoms with van der Waals surface area (Å²) in [7, 11) is 6.21. The number of rotatable bonds is 7. The van der Waals surface area contributed by atoms with Crippen LogP contribution in [0.15, 0.2) is 30.3 Å². The summed E-state index contributed by atoms with van der Waals surface area (Å²) < 4.78 is 35.4. The van der Waals surface area contributed by atoms with Crippen LogP contribution in [0.5, 0.6) is 17.2 Å². The van der Waals surface area contributed by atoms with Gasteiger partial charge in [0, 0.05) is 18.6 Å². The first-order valence-corrected chi connectivity index (χ1v) is 9.85. The van der Waals surface area contributed by atoms with Gasteiger partial charge in [-0.05, 0) is 55.0 Å². The fourth-order valence-electron chi connectivity index (χ4n) is 4.26. The van der Waals surface area contributed by atoms with Gasteiger partial charge < -0.3 is 24.7 Å². The molecule has 2 N–H and O–H groups in total. The maximum absolute atomic E-state index is 13.7. The van der Waals surface area contributed by atoms with Crippen LogP contribution in [0.3, 0.4) is 0 Å². The Hall–Kier alpha value is -2.80. The van der Waals surface area contributed by atoms with E-state index in [4.69, 9.17) is 24.7 Å². The Kier molecular flexibility index (Phi) is 6.82. The molecule has 1 saturated carbocycles. The van der Waals surface area contributed by atoms with Crippen molar-refractivity contribution in [2.75, 3.05) is 34.2 Å². The Balaban J connectivity index is 2.00. The van der Waals surface area contributed by atoms with Crippen LogP contribution in [0.2, 0.25) is 0 Å². The molecule has 0 heterocycles. The van der Waals surface area contributed by atoms with E-state index in [1.807, 2.05) is 0 Å². The molecule has 0 radical (unpaired) electrons. The monoisotopic (exact) mass is 417 g/mol. The number of hydrogen-bond acceptors (Lipinski definition) is 6. The maximum atomic E-state index is 13.7. The van der Waals surface area contributed by atoms with Crippen molar-refractivity contribution in [3.63, 3.8) is 0 Å². The normalized spacial score (nSPS) is 21.2. The summed E-state index contributed by atoms with van der Waals surface area (Å²) in [4.78, 5) is 13.6. The summed E-state index contributed by atoms with van der Waals surface area (Å²) in [6, 6.07) is 8.00. The van der Waals surface area contributed by atoms with Crippen molar-refractivity contribution < 1.29 is 28.1 Å². The summed E-state index contributed by atoms with van der Waals surface area (Å²) in [5, 5.41) is 0. The summed E-state index contributed by atoms with van der Waals surface area (Å²) in [6.45, 7) is 0. The molecule has 1 fully saturated rings. The molecule has 162 valence electrons. The van der Waals surface area contributed by atoms with Gasteiger partial charge in [-0.1, -0.05) is 6.07 Å². The second-order valence-electron chi connectivity index (χ2n) is 7.44. The Morgan fingerprint density at radius 2 is 1.67 bits per heavy atom. The van der Waals surface area contributed by atoms with Crippen LogP contribution in [0.1, 0.15) is 41.1 Å². The van der Waals surface area contributed by atoms with E-state index in [-0.39, 0.29) is 29.4 Å². The highest BCUT2D eigenvalue weighted by Crippen LogP contribution is 2.44. The number of carbonyl (C=O) groups excluding carboxylic acids is 1. The summed E-state index contributed by atoms with van der Waals surface area (Å²) in [6.07, 6.45) is 2.10. The molecule has 6 nitrogen and oxygen atoms in total. The van der Waals surface area contributed by atoms with Crippen LogP contribution in [0.4, 0.5) is 10.1 Å². The molecular weight excluding hydrogens is 389 g/mol. The van der Waals surface area contributed by atoms with Gasteiger partial charge in [0.1, 0.15) is 5.82 Å². The van der Waals surface area contributed by atoms with E-state index >= 15 is 0 Å². The highest BCUT2D eigenvalue weighted by Gasteiger charge is 2.37. The zero-order chi connectivity index (χ0) is 21.8. The first-order chi connectivity index (χ1) is 14.4. The molecular formula is C23H28FNO5. The largest absolute Gasteiger partial charge is 0.493 e. The van der Waals surface area contributed by atoms with E-state index in [0.29, 0.717) is 35.7 Å². The van der Waals surface area contributed by atoms with Crippen molar-refractivity contribution in [3.05, 3.63) is 47.3 Å². The minimum absolute atomic E-state index is 0.0308. The Morgan fingerprint density at radius 3 is 2.20 bits per heavy atom. The number of ether oxygens (including phenoxy) is 4. The van der Waals surface area contributed by atoms with Gasteiger partial charge in [0.05, 0.1) is 33.1 Å². The van der Waals surface area contributed by atoms with Crippen molar-refractivity contribution >= 4 is 11.5 Å². The third-order valence-corrected chi connectivity index (χ3v) is 5.87. The minimum atomic E-state index is -0.467. The van der Waals surface area contributed by atoms with Crippen LogP contribution in [-0.4, -0.2) is 40.3 Å². The van der Waals surface area contributed by atoms with Gasteiger partial charge >= 0.3 is 0 Å². The third-order valence-electron chi connectivity index (χ3n) is 5.87. The molecule has 1 aliphatic carbocycles. The lowest BCUT2D eigenvalue weighted by atomic mass is 9.71. The first-order valence-electron chi connectivity index (χ1n) is 9.85. The highest BCUT2D eigenvalue weighted by molar-refractivity contribution is 5.99. The number of halogens is 1. The molecule has 7 heteroatoms. The van der Waals surface area contributed by atoms with Crippen LogP contribution < -0.4 is 19.9 Å². The molecule has 2 aromatic rings. The smallest absolute Gasteiger partial charge is 0.203 e. The topological polar surface area (TPSA) is 80.0 Å². The zero-order valence-corrected chi connectivity index (χ0v) is 17.7. The SMILES string of the molecule is COc1cc(C(=O)C2CCC(OC)CC2c2ccc(F)c(N)c2)cc(OC)c1OC. The predicted molar refractivity (Wildman–Crippen MR) is 112 cm³/mol. The third kappa shape index (κ3) is 4.21. The zero-order valence-electron chi connectivity index (χ0n) is 17.7. The number of benzene rings is 2. The molecule has 1 aliphatic rings. The van der Waals surface area contributed by atoms with Crippen molar-refractivity contribution in [1.29, 1.82) is 0 Å². The lowest BCUT2D eigenvalue weighted by molar-refractivity contribution is 0.0431. The van der Waals surface area contributed by atoms with Gasteiger partial charge in [0.2, 0.25) is 5.75 Å². The minimum Gasteiger partial charge on any atom is -0.493 e. The fourth-order valence-corrected chi connectivity index (χ4v) is 4.26. The van der Waals surface area contributed by atoms with Gasteiger partial charge in [-0.15, -0.1) is 0 Å². The molecule has 30 heavy (non-hydrogen) atoms. The van der Waals surface area contributed by atoms with E-state index in [1.54, 1.807) is 31.4 Å². The molecule has 0 saturated heterocycles. The molecule has 0 bridgehead atoms. The number of nitrogens with two attached hydrogens (primary N) is 1. The van der Waals surface area contributed by atoms with Crippen molar-refractivity contribution in [2.45, 2.75) is 31.3 Å². The first kappa shape index (κ1) is 21.9. The van der Waals surface area contributed by atoms with E-state index in [2.05, 4.69) is 0 Å². The Bertz CT molecular complexity index is 891. The quantitative estimate of drug-likeness (QED) is 0.537. The average Bonchev–Trinajstić information content (AvgIpc) is 2.78. The predicted octanol–water partition coefficient (Wildman–Crippen LogP) is 4.22. The van der Waals surface area contributed by atoms with Gasteiger partial charge in [-0.3, -0.25) is 4.79 Å². The number of hydrogen-bond donors (Lipinski definition) is 1. The fraction of sp³-hybridized carbons (Fsp3) is 0.435. The molecule has 3 atom stereocenters. The van der Waals surface area contributed by atoms with E-state index in [9.17, 15) is 9.18 Å². The number of nitrogen functional groups attached to an aromatic ring is 1. The van der Waals surface area contributed by atoms with Crippen molar-refractivity contribution in [1.82, 2.24) is 0 Å². The van der Waals surface area contributed by atoms with Crippen LogP contribution in [-0.2, 0) is 4.74 Å². The van der Waals surface area contributed by atoms with Crippen LogP contribution in [0.25, 0.3) is 0 Å². The Labute approximate surface area is 176 Å². The van der Waals surface area contributed by atoms with E-state index < -0.39 is 5.82 Å². The van der Waals surface area contributed by atoms with E-state index in [1.165, 1.54) is 27.4 Å². The molecule has 2 aromatic carbocycles. The van der Waals surface area contributed by atoms with Crippen molar-refractivity contribution in [3.8, 4) is 17.2 Å². The molecule has 0 aromatic heterocycles. The Morgan fingerprint density at radius 1 is 1.00 bits per heavy atom. The average molecular weight is 417 g/mol. The summed E-state index contributed by atoms with van der Waals surface area (Å²) in [5.74, 6) is 0.341. The van der Waals surface area contributed by atoms with Gasteiger partial charge in [-0.2, -0.15) is 0 Å². The number of carbonyl (C=O) groups is 1. The lowest BCUT2D eigenvalue weighted by Gasteiger charge is -2.35. The van der Waals surface area contributed by atoms with Crippen LogP contribution in [0, 0.1) is 11.7 Å². The number of methoxy groups -OCH3 is 4. The van der Waals surface area contributed by atoms with Gasteiger partial charge in [-0.25, -0.2) is 4.39 Å². The number of Topliss-reactive ketones (excluding diaryl/α,β-unsaturated/α-hetero) is 1. The van der Waals surface area contributed by atoms with Gasteiger partial charge in [0.15, 0.2) is 17.3 Å². The lowest BCUT2D eigenvalue weighted by Crippen LogP contribution is -2.32. The molecule has 3 rings (SSSR count).